The van der Waals surface area contributed by atoms with Gasteiger partial charge >= 0.3 is 0 Å². The number of likely N-dealkylation sites (N-methyl/N-ethyl adjacent to an activating group) is 1. The van der Waals surface area contributed by atoms with E-state index >= 15 is 0 Å². The van der Waals surface area contributed by atoms with Crippen molar-refractivity contribution in [2.75, 3.05) is 13.6 Å². The Labute approximate surface area is 121 Å². The summed E-state index contributed by atoms with van der Waals surface area (Å²) in [6, 6.07) is 8.23. The number of nitrogens with zero attached hydrogens (tertiary/aromatic N) is 1. The molecule has 1 N–H and O–H groups in total. The summed E-state index contributed by atoms with van der Waals surface area (Å²) in [6.07, 6.45) is 1.11. The lowest BCUT2D eigenvalue weighted by molar-refractivity contribution is 0.600. The summed E-state index contributed by atoms with van der Waals surface area (Å²) in [4.78, 5) is 4.78. The van der Waals surface area contributed by atoms with E-state index in [0.29, 0.717) is 5.92 Å². The molecule has 1 aromatic carbocycles. The zero-order valence-electron chi connectivity index (χ0n) is 10.6. The molecule has 0 aliphatic rings. The van der Waals surface area contributed by atoms with Crippen LogP contribution in [-0.2, 0) is 0 Å². The summed E-state index contributed by atoms with van der Waals surface area (Å²) in [5.74, 6) is 0.502. The standard InChI is InChI=1S/C14H17BrN2S/c1-3-10(8-16-2)13-9-18-14(17-13)11-6-4-5-7-12(11)15/h4-7,9-10,16H,3,8H2,1-2H3. The second-order valence-corrected chi connectivity index (χ2v) is 5.93. The maximum Gasteiger partial charge on any atom is 0.124 e. The lowest BCUT2D eigenvalue weighted by Gasteiger charge is -2.10. The molecule has 18 heavy (non-hydrogen) atoms. The first-order valence-corrected chi connectivity index (χ1v) is 7.78. The molecule has 0 aliphatic heterocycles. The Morgan fingerprint density at radius 2 is 2.17 bits per heavy atom. The van der Waals surface area contributed by atoms with Crippen molar-refractivity contribution in [3.63, 3.8) is 0 Å². The first-order valence-electron chi connectivity index (χ1n) is 6.11. The predicted octanol–water partition coefficient (Wildman–Crippen LogP) is 4.29. The highest BCUT2D eigenvalue weighted by atomic mass is 79.9. The normalized spacial score (nSPS) is 12.6. The summed E-state index contributed by atoms with van der Waals surface area (Å²) >= 11 is 5.30. The molecule has 1 unspecified atom stereocenters. The van der Waals surface area contributed by atoms with Gasteiger partial charge in [-0.25, -0.2) is 4.98 Å². The van der Waals surface area contributed by atoms with Gasteiger partial charge in [-0.3, -0.25) is 0 Å². The molecule has 0 bridgehead atoms. The number of halogens is 1. The van der Waals surface area contributed by atoms with Crippen molar-refractivity contribution in [2.45, 2.75) is 19.3 Å². The first kappa shape index (κ1) is 13.7. The third-order valence-corrected chi connectivity index (χ3v) is 4.57. The van der Waals surface area contributed by atoms with Crippen LogP contribution in [0.25, 0.3) is 10.6 Å². The van der Waals surface area contributed by atoms with E-state index in [1.165, 1.54) is 11.3 Å². The first-order chi connectivity index (χ1) is 8.76. The smallest absolute Gasteiger partial charge is 0.124 e. The minimum Gasteiger partial charge on any atom is -0.319 e. The molecular weight excluding hydrogens is 308 g/mol. The minimum absolute atomic E-state index is 0.502. The summed E-state index contributed by atoms with van der Waals surface area (Å²) in [5.41, 5.74) is 2.37. The van der Waals surface area contributed by atoms with Crippen LogP contribution in [0.5, 0.6) is 0 Å². The van der Waals surface area contributed by atoms with E-state index in [1.807, 2.05) is 19.2 Å². The number of hydrogen-bond donors (Lipinski definition) is 1. The quantitative estimate of drug-likeness (QED) is 0.887. The minimum atomic E-state index is 0.502. The Morgan fingerprint density at radius 3 is 2.83 bits per heavy atom. The van der Waals surface area contributed by atoms with Crippen molar-refractivity contribution in [2.24, 2.45) is 0 Å². The van der Waals surface area contributed by atoms with Gasteiger partial charge in [0.05, 0.1) is 5.69 Å². The van der Waals surface area contributed by atoms with Gasteiger partial charge in [0, 0.05) is 27.9 Å². The molecule has 0 saturated carbocycles. The lowest BCUT2D eigenvalue weighted by Crippen LogP contribution is -2.16. The lowest BCUT2D eigenvalue weighted by atomic mass is 10.0. The molecule has 2 nitrogen and oxygen atoms in total. The number of nitrogens with one attached hydrogen (secondary N) is 1. The van der Waals surface area contributed by atoms with Crippen LogP contribution in [-0.4, -0.2) is 18.6 Å². The van der Waals surface area contributed by atoms with E-state index in [1.54, 1.807) is 11.3 Å². The number of hydrogen-bond acceptors (Lipinski definition) is 3. The van der Waals surface area contributed by atoms with Crippen LogP contribution in [0.4, 0.5) is 0 Å². The Kier molecular flexibility index (Phi) is 4.92. The van der Waals surface area contributed by atoms with Gasteiger partial charge in [0.1, 0.15) is 5.01 Å². The van der Waals surface area contributed by atoms with Gasteiger partial charge in [-0.1, -0.05) is 41.1 Å². The Hall–Kier alpha value is -0.710. The Morgan fingerprint density at radius 1 is 1.39 bits per heavy atom. The molecule has 0 amide bonds. The highest BCUT2D eigenvalue weighted by Gasteiger charge is 2.14. The van der Waals surface area contributed by atoms with Crippen molar-refractivity contribution in [3.05, 3.63) is 39.8 Å². The third kappa shape index (κ3) is 2.99. The van der Waals surface area contributed by atoms with Crippen molar-refractivity contribution in [1.82, 2.24) is 10.3 Å². The van der Waals surface area contributed by atoms with Gasteiger partial charge in [-0.05, 0) is 19.5 Å². The van der Waals surface area contributed by atoms with Gasteiger partial charge < -0.3 is 5.32 Å². The molecule has 0 saturated heterocycles. The highest BCUT2D eigenvalue weighted by Crippen LogP contribution is 2.32. The monoisotopic (exact) mass is 324 g/mol. The number of aromatic nitrogens is 1. The summed E-state index contributed by atoms with van der Waals surface area (Å²) < 4.78 is 1.10. The van der Waals surface area contributed by atoms with E-state index in [9.17, 15) is 0 Å². The van der Waals surface area contributed by atoms with Gasteiger partial charge in [0.15, 0.2) is 0 Å². The zero-order valence-corrected chi connectivity index (χ0v) is 13.0. The number of thiazole rings is 1. The predicted molar refractivity (Wildman–Crippen MR) is 82.2 cm³/mol. The molecule has 1 heterocycles. The second kappa shape index (κ2) is 6.45. The van der Waals surface area contributed by atoms with Crippen LogP contribution in [0.15, 0.2) is 34.1 Å². The molecule has 0 aliphatic carbocycles. The SMILES string of the molecule is CCC(CNC)c1csc(-c2ccccc2Br)n1. The molecule has 1 aromatic heterocycles. The maximum atomic E-state index is 4.78. The van der Waals surface area contributed by atoms with Crippen LogP contribution < -0.4 is 5.32 Å². The van der Waals surface area contributed by atoms with Crippen molar-refractivity contribution >= 4 is 27.3 Å². The number of benzene rings is 1. The fourth-order valence-electron chi connectivity index (χ4n) is 1.94. The fraction of sp³-hybridized carbons (Fsp3) is 0.357. The van der Waals surface area contributed by atoms with Crippen LogP contribution in [0.1, 0.15) is 25.0 Å². The van der Waals surface area contributed by atoms with Crippen molar-refractivity contribution < 1.29 is 0 Å². The molecule has 2 aromatic rings. The molecule has 0 radical (unpaired) electrons. The molecule has 96 valence electrons. The largest absolute Gasteiger partial charge is 0.319 e. The van der Waals surface area contributed by atoms with E-state index < -0.39 is 0 Å². The zero-order chi connectivity index (χ0) is 13.0. The van der Waals surface area contributed by atoms with Crippen LogP contribution >= 0.6 is 27.3 Å². The van der Waals surface area contributed by atoms with Crippen LogP contribution in [0.2, 0.25) is 0 Å². The molecule has 1 atom stereocenters. The third-order valence-electron chi connectivity index (χ3n) is 2.99. The highest BCUT2D eigenvalue weighted by molar-refractivity contribution is 9.10. The fourth-order valence-corrected chi connectivity index (χ4v) is 3.48. The van der Waals surface area contributed by atoms with Gasteiger partial charge in [-0.15, -0.1) is 11.3 Å². The average molecular weight is 325 g/mol. The van der Waals surface area contributed by atoms with Crippen molar-refractivity contribution in [1.29, 1.82) is 0 Å². The Bertz CT molecular complexity index is 510. The Balaban J connectivity index is 2.28. The van der Waals surface area contributed by atoms with E-state index in [-0.39, 0.29) is 0 Å². The van der Waals surface area contributed by atoms with Gasteiger partial charge in [0.2, 0.25) is 0 Å². The molecule has 0 spiro atoms. The summed E-state index contributed by atoms with van der Waals surface area (Å²) in [5, 5.41) is 6.50. The van der Waals surface area contributed by atoms with Gasteiger partial charge in [0.25, 0.3) is 0 Å². The summed E-state index contributed by atoms with van der Waals surface area (Å²) in [6.45, 7) is 3.19. The molecule has 2 rings (SSSR count). The topological polar surface area (TPSA) is 24.9 Å². The second-order valence-electron chi connectivity index (χ2n) is 4.22. The van der Waals surface area contributed by atoms with Crippen molar-refractivity contribution in [3.8, 4) is 10.6 Å². The summed E-state index contributed by atoms with van der Waals surface area (Å²) in [7, 11) is 1.99. The maximum absolute atomic E-state index is 4.78. The van der Waals surface area contributed by atoms with Crippen LogP contribution in [0, 0.1) is 0 Å². The number of rotatable bonds is 5. The molecular formula is C14H17BrN2S. The molecule has 4 heteroatoms. The average Bonchev–Trinajstić information content (AvgIpc) is 2.85. The van der Waals surface area contributed by atoms with E-state index in [2.05, 4.69) is 45.7 Å². The molecule has 0 fully saturated rings. The van der Waals surface area contributed by atoms with Crippen LogP contribution in [0.3, 0.4) is 0 Å². The van der Waals surface area contributed by atoms with Gasteiger partial charge in [-0.2, -0.15) is 0 Å². The van der Waals surface area contributed by atoms with E-state index in [0.717, 1.165) is 22.4 Å². The van der Waals surface area contributed by atoms with E-state index in [4.69, 9.17) is 4.98 Å².